The van der Waals surface area contributed by atoms with Crippen LogP contribution in [-0.2, 0) is 16.9 Å². The van der Waals surface area contributed by atoms with Gasteiger partial charge in [0.1, 0.15) is 28.6 Å². The van der Waals surface area contributed by atoms with E-state index in [1.807, 2.05) is 18.2 Å². The number of fused-ring (bicyclic) bond motifs is 1. The number of nitrogens with zero attached hydrogens (tertiary/aromatic N) is 2. The average molecular weight is 395 g/mol. The highest BCUT2D eigenvalue weighted by Crippen LogP contribution is 2.37. The van der Waals surface area contributed by atoms with Crippen LogP contribution in [0.15, 0.2) is 58.5 Å². The quantitative estimate of drug-likeness (QED) is 0.482. The van der Waals surface area contributed by atoms with Gasteiger partial charge in [0.2, 0.25) is 0 Å². The van der Waals surface area contributed by atoms with Crippen molar-refractivity contribution in [1.29, 1.82) is 0 Å². The van der Waals surface area contributed by atoms with Crippen molar-refractivity contribution in [3.63, 3.8) is 0 Å². The van der Waals surface area contributed by atoms with E-state index < -0.39 is 5.60 Å². The second kappa shape index (κ2) is 7.71. The predicted octanol–water partition coefficient (Wildman–Crippen LogP) is 4.42. The minimum atomic E-state index is -1.18. The molecule has 6 nitrogen and oxygen atoms in total. The molecule has 144 valence electrons. The van der Waals surface area contributed by atoms with E-state index >= 15 is 0 Å². The molecule has 0 aliphatic rings. The number of anilines is 1. The van der Waals surface area contributed by atoms with Gasteiger partial charge in [-0.05, 0) is 24.6 Å². The van der Waals surface area contributed by atoms with Gasteiger partial charge in [0, 0.05) is 18.1 Å². The number of nitrogens with one attached hydrogen (secondary N) is 1. The van der Waals surface area contributed by atoms with Gasteiger partial charge >= 0.3 is 0 Å². The Kier molecular flexibility index (Phi) is 5.13. The molecule has 1 atom stereocenters. The molecule has 0 spiro atoms. The van der Waals surface area contributed by atoms with Crippen LogP contribution in [0, 0.1) is 0 Å². The van der Waals surface area contributed by atoms with E-state index in [-0.39, 0.29) is 6.54 Å². The van der Waals surface area contributed by atoms with E-state index in [2.05, 4.69) is 32.8 Å². The van der Waals surface area contributed by atoms with Crippen LogP contribution in [0.4, 0.5) is 5.82 Å². The lowest BCUT2D eigenvalue weighted by molar-refractivity contribution is 0.0476. The largest absolute Gasteiger partial charge is 0.466 e. The predicted molar refractivity (Wildman–Crippen MR) is 110 cm³/mol. The molecule has 0 amide bonds. The normalized spacial score (nSPS) is 13.5. The first-order valence-corrected chi connectivity index (χ1v) is 9.79. The van der Waals surface area contributed by atoms with Crippen molar-refractivity contribution in [2.75, 3.05) is 19.0 Å². The summed E-state index contributed by atoms with van der Waals surface area (Å²) in [7, 11) is 1.62. The maximum absolute atomic E-state index is 10.8. The van der Waals surface area contributed by atoms with Crippen molar-refractivity contribution in [2.24, 2.45) is 0 Å². The molecule has 0 saturated heterocycles. The van der Waals surface area contributed by atoms with Crippen LogP contribution in [-0.4, -0.2) is 28.7 Å². The number of ether oxygens (including phenoxy) is 1. The van der Waals surface area contributed by atoms with E-state index in [1.54, 1.807) is 43.8 Å². The van der Waals surface area contributed by atoms with Crippen molar-refractivity contribution in [2.45, 2.75) is 19.1 Å². The fraction of sp³-hybridized carbons (Fsp3) is 0.238. The number of furan rings is 1. The topological polar surface area (TPSA) is 80.4 Å². The van der Waals surface area contributed by atoms with Crippen LogP contribution >= 0.6 is 11.3 Å². The number of thiophene rings is 1. The summed E-state index contributed by atoms with van der Waals surface area (Å²) in [6.45, 7) is 2.26. The third kappa shape index (κ3) is 3.64. The minimum Gasteiger partial charge on any atom is -0.466 e. The maximum atomic E-state index is 10.8. The summed E-state index contributed by atoms with van der Waals surface area (Å²) in [5.74, 6) is 1.76. The van der Waals surface area contributed by atoms with E-state index in [0.29, 0.717) is 24.0 Å². The number of rotatable bonds is 7. The van der Waals surface area contributed by atoms with Gasteiger partial charge in [0.05, 0.1) is 18.2 Å². The first kappa shape index (κ1) is 18.6. The van der Waals surface area contributed by atoms with E-state index in [4.69, 9.17) is 9.15 Å². The van der Waals surface area contributed by atoms with Crippen LogP contribution in [0.2, 0.25) is 0 Å². The van der Waals surface area contributed by atoms with Crippen molar-refractivity contribution in [3.05, 3.63) is 65.7 Å². The lowest BCUT2D eigenvalue weighted by Gasteiger charge is -2.22. The Bertz CT molecular complexity index is 1060. The smallest absolute Gasteiger partial charge is 0.158 e. The molecule has 4 rings (SSSR count). The zero-order chi connectivity index (χ0) is 19.6. The van der Waals surface area contributed by atoms with Gasteiger partial charge in [-0.2, -0.15) is 0 Å². The molecular formula is C21H21N3O3S. The molecular weight excluding hydrogens is 374 g/mol. The Morgan fingerprint density at radius 2 is 2.00 bits per heavy atom. The van der Waals surface area contributed by atoms with Gasteiger partial charge in [-0.1, -0.05) is 30.3 Å². The van der Waals surface area contributed by atoms with Crippen molar-refractivity contribution in [3.8, 4) is 11.1 Å². The second-order valence-electron chi connectivity index (χ2n) is 6.72. The zero-order valence-corrected chi connectivity index (χ0v) is 16.5. The van der Waals surface area contributed by atoms with Crippen LogP contribution < -0.4 is 5.32 Å². The maximum Gasteiger partial charge on any atom is 0.158 e. The van der Waals surface area contributed by atoms with Gasteiger partial charge in [-0.25, -0.2) is 9.97 Å². The zero-order valence-electron chi connectivity index (χ0n) is 15.7. The summed E-state index contributed by atoms with van der Waals surface area (Å²) >= 11 is 1.57. The molecule has 4 aromatic rings. The summed E-state index contributed by atoms with van der Waals surface area (Å²) in [4.78, 5) is 10.2. The summed E-state index contributed by atoms with van der Waals surface area (Å²) in [5.41, 5.74) is 0.980. The molecule has 0 bridgehead atoms. The molecule has 0 radical (unpaired) electrons. The molecule has 0 fully saturated rings. The van der Waals surface area contributed by atoms with E-state index in [0.717, 1.165) is 21.3 Å². The molecule has 7 heteroatoms. The minimum absolute atomic E-state index is 0.239. The van der Waals surface area contributed by atoms with Crippen molar-refractivity contribution >= 4 is 27.4 Å². The van der Waals surface area contributed by atoms with Crippen LogP contribution in [0.3, 0.4) is 0 Å². The summed E-state index contributed by atoms with van der Waals surface area (Å²) in [6, 6.07) is 13.6. The number of hydrogen-bond acceptors (Lipinski definition) is 7. The lowest BCUT2D eigenvalue weighted by atomic mass is 10.0. The Morgan fingerprint density at radius 1 is 1.18 bits per heavy atom. The highest BCUT2D eigenvalue weighted by molar-refractivity contribution is 7.17. The number of benzene rings is 1. The van der Waals surface area contributed by atoms with Gasteiger partial charge in [-0.15, -0.1) is 11.3 Å². The number of methoxy groups -OCH3 is 1. The van der Waals surface area contributed by atoms with Gasteiger partial charge in [0.25, 0.3) is 0 Å². The van der Waals surface area contributed by atoms with Gasteiger partial charge in [-0.3, -0.25) is 0 Å². The second-order valence-corrected chi connectivity index (χ2v) is 7.58. The molecule has 0 saturated carbocycles. The molecule has 28 heavy (non-hydrogen) atoms. The summed E-state index contributed by atoms with van der Waals surface area (Å²) in [5, 5.41) is 17.1. The first-order valence-electron chi connectivity index (χ1n) is 8.91. The fourth-order valence-corrected chi connectivity index (χ4v) is 4.03. The highest BCUT2D eigenvalue weighted by Gasteiger charge is 2.27. The lowest BCUT2D eigenvalue weighted by Crippen LogP contribution is -2.30. The Balaban J connectivity index is 1.75. The fourth-order valence-electron chi connectivity index (χ4n) is 3.07. The first-order chi connectivity index (χ1) is 13.6. The van der Waals surface area contributed by atoms with Crippen LogP contribution in [0.1, 0.15) is 18.5 Å². The van der Waals surface area contributed by atoms with Gasteiger partial charge in [0.15, 0.2) is 5.82 Å². The molecule has 1 unspecified atom stereocenters. The summed E-state index contributed by atoms with van der Waals surface area (Å²) < 4.78 is 10.6. The van der Waals surface area contributed by atoms with Crippen LogP contribution in [0.5, 0.6) is 0 Å². The Hall–Kier alpha value is -2.74. The number of aliphatic hydroxyl groups is 1. The third-order valence-corrected chi connectivity index (χ3v) is 5.36. The van der Waals surface area contributed by atoms with Crippen LogP contribution in [0.25, 0.3) is 21.3 Å². The van der Waals surface area contributed by atoms with E-state index in [9.17, 15) is 5.11 Å². The average Bonchev–Trinajstić information content (AvgIpc) is 3.38. The molecule has 0 aliphatic carbocycles. The number of hydrogen-bond donors (Lipinski definition) is 2. The molecule has 1 aromatic carbocycles. The third-order valence-electron chi connectivity index (χ3n) is 4.49. The molecule has 0 aliphatic heterocycles. The SMILES string of the molecule is COCc1nc(NCC(C)(O)c2ccco2)c2c(-c3ccccc3)csc2n1. The molecule has 3 heterocycles. The molecule has 2 N–H and O–H groups in total. The highest BCUT2D eigenvalue weighted by atomic mass is 32.1. The van der Waals surface area contributed by atoms with Crippen molar-refractivity contribution < 1.29 is 14.3 Å². The van der Waals surface area contributed by atoms with Crippen molar-refractivity contribution in [1.82, 2.24) is 9.97 Å². The summed E-state index contributed by atoms with van der Waals surface area (Å²) in [6.07, 6.45) is 1.55. The molecule has 3 aromatic heterocycles. The Labute approximate surface area is 166 Å². The standard InChI is InChI=1S/C21H21N3O3S/c1-21(25,16-9-6-10-27-16)13-22-19-18-15(14-7-4-3-5-8-14)12-28-20(18)24-17(23-19)11-26-2/h3-10,12,25H,11,13H2,1-2H3,(H,22,23,24). The van der Waals surface area contributed by atoms with Gasteiger partial charge < -0.3 is 19.6 Å². The monoisotopic (exact) mass is 395 g/mol. The Morgan fingerprint density at radius 3 is 2.71 bits per heavy atom. The number of aromatic nitrogens is 2. The van der Waals surface area contributed by atoms with E-state index in [1.165, 1.54) is 0 Å².